The van der Waals surface area contributed by atoms with Crippen molar-refractivity contribution in [2.45, 2.75) is 17.8 Å². The van der Waals surface area contributed by atoms with Gasteiger partial charge in [-0.2, -0.15) is 0 Å². The highest BCUT2D eigenvalue weighted by molar-refractivity contribution is 7.98. The topological polar surface area (TPSA) is 39.8 Å². The molecule has 3 aromatic carbocycles. The molecule has 0 fully saturated rings. The number of hydrogen-bond donors (Lipinski definition) is 0. The molecule has 0 saturated heterocycles. The number of aryl methyl sites for hydroxylation is 1. The molecule has 0 spiro atoms. The maximum atomic E-state index is 14.8. The van der Waals surface area contributed by atoms with E-state index in [0.717, 1.165) is 16.9 Å². The Kier molecular flexibility index (Phi) is 6.16. The fraction of sp³-hybridized carbons (Fsp3) is 0.0800. The minimum Gasteiger partial charge on any atom is -0.272 e. The normalized spacial score (nSPS) is 11.3. The van der Waals surface area contributed by atoms with Crippen LogP contribution in [0.3, 0.4) is 0 Å². The second kappa shape index (κ2) is 9.25. The van der Waals surface area contributed by atoms with Gasteiger partial charge in [0, 0.05) is 5.75 Å². The van der Waals surface area contributed by atoms with E-state index in [1.807, 2.05) is 25.1 Å². The van der Waals surface area contributed by atoms with Gasteiger partial charge in [-0.1, -0.05) is 65.6 Å². The molecule has 0 N–H and O–H groups in total. The molecule has 5 aromatic rings. The number of hydrogen-bond acceptors (Lipinski definition) is 5. The van der Waals surface area contributed by atoms with Crippen LogP contribution in [0.1, 0.15) is 11.1 Å². The summed E-state index contributed by atoms with van der Waals surface area (Å²) in [5.74, 6) is -0.526. The monoisotopic (exact) mass is 509 g/mol. The fourth-order valence-corrected chi connectivity index (χ4v) is 5.88. The molecule has 34 heavy (non-hydrogen) atoms. The van der Waals surface area contributed by atoms with E-state index in [2.05, 4.69) is 0 Å². The average molecular weight is 510 g/mol. The lowest BCUT2D eigenvalue weighted by Crippen LogP contribution is -2.21. The molecule has 0 unspecified atom stereocenters. The van der Waals surface area contributed by atoms with Crippen LogP contribution >= 0.6 is 35.3 Å². The molecular weight excluding hydrogens is 492 g/mol. The summed E-state index contributed by atoms with van der Waals surface area (Å²) in [4.78, 5) is 18.4. The fourth-order valence-electron chi connectivity index (χ4n) is 3.60. The Morgan fingerprint density at radius 2 is 1.71 bits per heavy atom. The molecular formula is C25H17F2N3OS3. The summed E-state index contributed by atoms with van der Waals surface area (Å²) in [5.41, 5.74) is 2.19. The number of thioether (sulfide) groups is 1. The summed E-state index contributed by atoms with van der Waals surface area (Å²) in [7, 11) is 0. The Labute approximate surface area is 207 Å². The van der Waals surface area contributed by atoms with Crippen molar-refractivity contribution in [1.82, 2.24) is 14.1 Å². The predicted octanol–water partition coefficient (Wildman–Crippen LogP) is 6.85. The lowest BCUT2D eigenvalue weighted by molar-refractivity contribution is 0.617. The number of benzene rings is 3. The number of aromatic nitrogens is 3. The molecule has 0 saturated carbocycles. The predicted molar refractivity (Wildman–Crippen MR) is 136 cm³/mol. The van der Waals surface area contributed by atoms with Crippen LogP contribution in [0.5, 0.6) is 0 Å². The molecule has 9 heteroatoms. The number of nitrogens with zero attached hydrogens (tertiary/aromatic N) is 3. The summed E-state index contributed by atoms with van der Waals surface area (Å²) in [5, 5.41) is 0.363. The van der Waals surface area contributed by atoms with Crippen LogP contribution in [0.2, 0.25) is 0 Å². The largest absolute Gasteiger partial charge is 0.278 e. The summed E-state index contributed by atoms with van der Waals surface area (Å²) in [6.45, 7) is 1.85. The molecule has 0 aliphatic heterocycles. The quantitative estimate of drug-likeness (QED) is 0.148. The molecule has 0 aliphatic carbocycles. The number of fused-ring (bicyclic) bond motifs is 1. The molecule has 170 valence electrons. The third kappa shape index (κ3) is 4.11. The molecule has 0 atom stereocenters. The van der Waals surface area contributed by atoms with Gasteiger partial charge in [0.25, 0.3) is 5.56 Å². The highest BCUT2D eigenvalue weighted by atomic mass is 32.2. The van der Waals surface area contributed by atoms with Gasteiger partial charge in [0.05, 0.1) is 11.4 Å². The first-order valence-corrected chi connectivity index (χ1v) is 12.5. The summed E-state index contributed by atoms with van der Waals surface area (Å²) < 4.78 is 32.7. The van der Waals surface area contributed by atoms with Crippen molar-refractivity contribution >= 4 is 45.7 Å². The lowest BCUT2D eigenvalue weighted by Gasteiger charge is -2.13. The van der Waals surface area contributed by atoms with Gasteiger partial charge in [-0.15, -0.1) is 0 Å². The average Bonchev–Trinajstić information content (AvgIpc) is 3.17. The summed E-state index contributed by atoms with van der Waals surface area (Å²) in [6, 6.07) is 20.3. The Hall–Kier alpha value is -3.14. The van der Waals surface area contributed by atoms with E-state index in [-0.39, 0.29) is 28.5 Å². The minimum atomic E-state index is -0.462. The van der Waals surface area contributed by atoms with Gasteiger partial charge >= 0.3 is 0 Å². The van der Waals surface area contributed by atoms with E-state index in [1.165, 1.54) is 33.0 Å². The molecule has 0 radical (unpaired) electrons. The van der Waals surface area contributed by atoms with E-state index in [1.54, 1.807) is 42.5 Å². The van der Waals surface area contributed by atoms with Crippen LogP contribution in [-0.2, 0) is 5.75 Å². The van der Waals surface area contributed by atoms with E-state index >= 15 is 0 Å². The van der Waals surface area contributed by atoms with E-state index < -0.39 is 5.82 Å². The maximum absolute atomic E-state index is 14.8. The number of rotatable bonds is 5. The summed E-state index contributed by atoms with van der Waals surface area (Å²) in [6.07, 6.45) is 0. The van der Waals surface area contributed by atoms with Crippen LogP contribution in [0.15, 0.2) is 82.7 Å². The minimum absolute atomic E-state index is 0.241. The maximum Gasteiger partial charge on any atom is 0.278 e. The Balaban J connectivity index is 1.76. The van der Waals surface area contributed by atoms with Crippen molar-refractivity contribution in [3.05, 3.63) is 110 Å². The van der Waals surface area contributed by atoms with E-state index in [4.69, 9.17) is 17.2 Å². The number of thiazole rings is 1. The first-order chi connectivity index (χ1) is 16.4. The zero-order valence-corrected chi connectivity index (χ0v) is 20.3. The zero-order valence-electron chi connectivity index (χ0n) is 17.9. The van der Waals surface area contributed by atoms with Gasteiger partial charge in [0.15, 0.2) is 14.8 Å². The van der Waals surface area contributed by atoms with Gasteiger partial charge in [-0.05, 0) is 60.6 Å². The third-order valence-corrected chi connectivity index (χ3v) is 7.59. The van der Waals surface area contributed by atoms with Gasteiger partial charge in [-0.25, -0.2) is 13.8 Å². The lowest BCUT2D eigenvalue weighted by atomic mass is 10.2. The van der Waals surface area contributed by atoms with Gasteiger partial charge < -0.3 is 0 Å². The van der Waals surface area contributed by atoms with E-state index in [0.29, 0.717) is 25.1 Å². The Bertz CT molecular complexity index is 1640. The first-order valence-electron chi connectivity index (χ1n) is 10.3. The molecule has 2 heterocycles. The molecule has 2 aromatic heterocycles. The van der Waals surface area contributed by atoms with Crippen molar-refractivity contribution in [2.75, 3.05) is 0 Å². The Morgan fingerprint density at radius 3 is 2.47 bits per heavy atom. The zero-order chi connectivity index (χ0) is 23.8. The molecule has 0 aliphatic rings. The molecule has 4 nitrogen and oxygen atoms in total. The standard InChI is InChI=1S/C25H17F2N3OS3/c1-15-11-12-19(27)20(13-15)30-22-21(34-25(30)32)23(31)29(17-8-3-2-4-9-17)24(28-22)33-14-16-7-5-6-10-18(16)26/h2-13H,14H2,1H3. The van der Waals surface area contributed by atoms with Crippen molar-refractivity contribution in [3.8, 4) is 11.4 Å². The molecule has 0 amide bonds. The van der Waals surface area contributed by atoms with Crippen molar-refractivity contribution in [1.29, 1.82) is 0 Å². The SMILES string of the molecule is Cc1ccc(F)c(-n2c(=S)sc3c(=O)n(-c4ccccc4)c(SCc4ccccc4F)nc32)c1. The van der Waals surface area contributed by atoms with Crippen molar-refractivity contribution < 1.29 is 8.78 Å². The molecule has 5 rings (SSSR count). The van der Waals surface area contributed by atoms with Crippen molar-refractivity contribution in [3.63, 3.8) is 0 Å². The highest BCUT2D eigenvalue weighted by Crippen LogP contribution is 2.30. The van der Waals surface area contributed by atoms with Gasteiger partial charge in [0.1, 0.15) is 16.3 Å². The third-order valence-electron chi connectivity index (χ3n) is 5.25. The van der Waals surface area contributed by atoms with Crippen LogP contribution < -0.4 is 5.56 Å². The van der Waals surface area contributed by atoms with Gasteiger partial charge in [-0.3, -0.25) is 13.9 Å². The van der Waals surface area contributed by atoms with E-state index in [9.17, 15) is 13.6 Å². The van der Waals surface area contributed by atoms with Gasteiger partial charge in [0.2, 0.25) is 0 Å². The highest BCUT2D eigenvalue weighted by Gasteiger charge is 2.20. The second-order valence-corrected chi connectivity index (χ2v) is 10.1. The first kappa shape index (κ1) is 22.6. The number of para-hydroxylation sites is 1. The second-order valence-electron chi connectivity index (χ2n) is 7.56. The smallest absolute Gasteiger partial charge is 0.272 e. The Morgan fingerprint density at radius 1 is 0.971 bits per heavy atom. The van der Waals surface area contributed by atoms with Crippen LogP contribution in [-0.4, -0.2) is 14.1 Å². The molecule has 0 bridgehead atoms. The van der Waals surface area contributed by atoms with Crippen LogP contribution in [0, 0.1) is 22.5 Å². The van der Waals surface area contributed by atoms with Crippen LogP contribution in [0.25, 0.3) is 21.7 Å². The van der Waals surface area contributed by atoms with Crippen molar-refractivity contribution in [2.24, 2.45) is 0 Å². The van der Waals surface area contributed by atoms with Crippen LogP contribution in [0.4, 0.5) is 8.78 Å². The number of halogens is 2. The summed E-state index contributed by atoms with van der Waals surface area (Å²) >= 11 is 7.86.